The van der Waals surface area contributed by atoms with Crippen molar-refractivity contribution in [3.63, 3.8) is 0 Å². The lowest BCUT2D eigenvalue weighted by molar-refractivity contribution is -0.136. The summed E-state index contributed by atoms with van der Waals surface area (Å²) in [6.45, 7) is 1.19. The van der Waals surface area contributed by atoms with Crippen LogP contribution in [0.5, 0.6) is 0 Å². The van der Waals surface area contributed by atoms with Crippen LogP contribution >= 0.6 is 0 Å². The molecule has 3 heterocycles. The van der Waals surface area contributed by atoms with Gasteiger partial charge in [0.15, 0.2) is 0 Å². The number of fused-ring (bicyclic) bond motifs is 1. The number of nitrogens with zero attached hydrogens (tertiary/aromatic N) is 3. The molecule has 1 aromatic carbocycles. The Morgan fingerprint density at radius 2 is 1.80 bits per heavy atom. The van der Waals surface area contributed by atoms with Crippen molar-refractivity contribution in [2.75, 3.05) is 20.1 Å². The number of amides is 3. The van der Waals surface area contributed by atoms with Crippen LogP contribution in [0.25, 0.3) is 0 Å². The molecule has 3 fully saturated rings. The predicted octanol–water partition coefficient (Wildman–Crippen LogP) is 1.24. The Morgan fingerprint density at radius 1 is 1.06 bits per heavy atom. The molecule has 1 N–H and O–H groups in total. The standard InChI is InChI=1S/C25H30N4O5S/c1-27(19-5-3-6-19)35(33,34)28-14-12-17(13-15-28)8-9-18-4-2-7-20-21(18)16-29(25(20)32)22-10-11-23(30)26-24(22)31/h2,4,7,17,19,22H,3,5-6,10-16H2,1H3,(H,26,30,31). The van der Waals surface area contributed by atoms with E-state index in [0.29, 0.717) is 37.9 Å². The average molecular weight is 499 g/mol. The van der Waals surface area contributed by atoms with Crippen molar-refractivity contribution in [1.82, 2.24) is 18.8 Å². The number of hydrogen-bond acceptors (Lipinski definition) is 5. The summed E-state index contributed by atoms with van der Waals surface area (Å²) in [6, 6.07) is 4.88. The second-order valence-corrected chi connectivity index (χ2v) is 11.8. The Labute approximate surface area is 206 Å². The van der Waals surface area contributed by atoms with Crippen LogP contribution in [0.4, 0.5) is 0 Å². The minimum Gasteiger partial charge on any atom is -0.322 e. The van der Waals surface area contributed by atoms with Gasteiger partial charge in [0, 0.05) is 56.2 Å². The summed E-state index contributed by atoms with van der Waals surface area (Å²) >= 11 is 0. The molecule has 1 saturated carbocycles. The summed E-state index contributed by atoms with van der Waals surface area (Å²) < 4.78 is 28.9. The minimum atomic E-state index is -3.43. The predicted molar refractivity (Wildman–Crippen MR) is 128 cm³/mol. The molecule has 1 atom stereocenters. The van der Waals surface area contributed by atoms with Gasteiger partial charge in [-0.15, -0.1) is 0 Å². The van der Waals surface area contributed by atoms with Crippen molar-refractivity contribution in [1.29, 1.82) is 0 Å². The summed E-state index contributed by atoms with van der Waals surface area (Å²) in [5.41, 5.74) is 2.10. The van der Waals surface area contributed by atoms with Crippen LogP contribution in [0.15, 0.2) is 18.2 Å². The number of carbonyl (C=O) groups excluding carboxylic acids is 3. The summed E-state index contributed by atoms with van der Waals surface area (Å²) in [4.78, 5) is 38.3. The van der Waals surface area contributed by atoms with E-state index in [0.717, 1.165) is 30.4 Å². The second kappa shape index (κ2) is 9.37. The molecular weight excluding hydrogens is 468 g/mol. The van der Waals surface area contributed by atoms with Gasteiger partial charge < -0.3 is 4.90 Å². The van der Waals surface area contributed by atoms with Crippen LogP contribution in [-0.2, 0) is 26.3 Å². The third kappa shape index (κ3) is 4.48. The van der Waals surface area contributed by atoms with E-state index in [-0.39, 0.29) is 36.7 Å². The summed E-state index contributed by atoms with van der Waals surface area (Å²) in [7, 11) is -1.75. The van der Waals surface area contributed by atoms with Gasteiger partial charge in [-0.25, -0.2) is 0 Å². The molecule has 0 bridgehead atoms. The van der Waals surface area contributed by atoms with Crippen LogP contribution in [-0.4, -0.2) is 71.9 Å². The molecule has 3 aliphatic heterocycles. The fourth-order valence-electron chi connectivity index (χ4n) is 5.23. The van der Waals surface area contributed by atoms with Gasteiger partial charge >= 0.3 is 0 Å². The minimum absolute atomic E-state index is 0.0784. The Kier molecular flexibility index (Phi) is 6.42. The maximum Gasteiger partial charge on any atom is 0.281 e. The molecule has 0 radical (unpaired) electrons. The van der Waals surface area contributed by atoms with Gasteiger partial charge in [-0.2, -0.15) is 17.0 Å². The highest BCUT2D eigenvalue weighted by Crippen LogP contribution is 2.31. The lowest BCUT2D eigenvalue weighted by Crippen LogP contribution is -2.52. The molecule has 9 nitrogen and oxygen atoms in total. The lowest BCUT2D eigenvalue weighted by Gasteiger charge is -2.38. The van der Waals surface area contributed by atoms with E-state index in [9.17, 15) is 22.8 Å². The van der Waals surface area contributed by atoms with E-state index in [1.54, 1.807) is 23.5 Å². The van der Waals surface area contributed by atoms with E-state index in [2.05, 4.69) is 17.2 Å². The first-order valence-electron chi connectivity index (χ1n) is 12.3. The topological polar surface area (TPSA) is 107 Å². The highest BCUT2D eigenvalue weighted by Gasteiger charge is 2.40. The van der Waals surface area contributed by atoms with Crippen molar-refractivity contribution in [3.8, 4) is 11.8 Å². The monoisotopic (exact) mass is 498 g/mol. The first kappa shape index (κ1) is 24.0. The summed E-state index contributed by atoms with van der Waals surface area (Å²) in [6.07, 6.45) is 4.83. The normalized spacial score (nSPS) is 24.1. The molecule has 0 aromatic heterocycles. The van der Waals surface area contributed by atoms with Gasteiger partial charge in [0.1, 0.15) is 6.04 Å². The van der Waals surface area contributed by atoms with E-state index in [4.69, 9.17) is 0 Å². The van der Waals surface area contributed by atoms with Gasteiger partial charge in [-0.05, 0) is 49.8 Å². The molecule has 10 heteroatoms. The van der Waals surface area contributed by atoms with Gasteiger partial charge in [-0.3, -0.25) is 19.7 Å². The van der Waals surface area contributed by atoms with E-state index >= 15 is 0 Å². The number of carbonyl (C=O) groups is 3. The molecule has 186 valence electrons. The van der Waals surface area contributed by atoms with E-state index in [1.807, 2.05) is 6.07 Å². The van der Waals surface area contributed by atoms with Crippen molar-refractivity contribution >= 4 is 27.9 Å². The Morgan fingerprint density at radius 3 is 2.46 bits per heavy atom. The van der Waals surface area contributed by atoms with Crippen LogP contribution in [0.2, 0.25) is 0 Å². The number of rotatable bonds is 4. The zero-order chi connectivity index (χ0) is 24.7. The van der Waals surface area contributed by atoms with Crippen LogP contribution in [0.3, 0.4) is 0 Å². The zero-order valence-electron chi connectivity index (χ0n) is 19.8. The van der Waals surface area contributed by atoms with Crippen LogP contribution in [0, 0.1) is 17.8 Å². The van der Waals surface area contributed by atoms with Crippen molar-refractivity contribution < 1.29 is 22.8 Å². The summed E-state index contributed by atoms with van der Waals surface area (Å²) in [5.74, 6) is 5.65. The molecule has 35 heavy (non-hydrogen) atoms. The highest BCUT2D eigenvalue weighted by atomic mass is 32.2. The molecule has 1 unspecified atom stereocenters. The third-order valence-corrected chi connectivity index (χ3v) is 9.77. The number of nitrogens with one attached hydrogen (secondary N) is 1. The fraction of sp³-hybridized carbons (Fsp3) is 0.560. The Balaban J connectivity index is 1.25. The van der Waals surface area contributed by atoms with Crippen molar-refractivity contribution in [3.05, 3.63) is 34.9 Å². The number of imide groups is 1. The van der Waals surface area contributed by atoms with Gasteiger partial charge in [-0.1, -0.05) is 24.3 Å². The fourth-order valence-corrected chi connectivity index (χ4v) is 6.86. The molecule has 1 aliphatic carbocycles. The largest absolute Gasteiger partial charge is 0.322 e. The van der Waals surface area contributed by atoms with Crippen LogP contribution in [0.1, 0.15) is 66.4 Å². The highest BCUT2D eigenvalue weighted by molar-refractivity contribution is 7.86. The second-order valence-electron chi connectivity index (χ2n) is 9.78. The molecule has 4 aliphatic rings. The van der Waals surface area contributed by atoms with Gasteiger partial charge in [0.05, 0.1) is 0 Å². The van der Waals surface area contributed by atoms with Crippen molar-refractivity contribution in [2.45, 2.75) is 63.6 Å². The van der Waals surface area contributed by atoms with Crippen LogP contribution < -0.4 is 5.32 Å². The van der Waals surface area contributed by atoms with Gasteiger partial charge in [0.2, 0.25) is 11.8 Å². The van der Waals surface area contributed by atoms with Gasteiger partial charge in [0.25, 0.3) is 16.1 Å². The molecule has 5 rings (SSSR count). The Bertz CT molecular complexity index is 1220. The van der Waals surface area contributed by atoms with Crippen molar-refractivity contribution in [2.24, 2.45) is 5.92 Å². The molecule has 3 amide bonds. The first-order valence-corrected chi connectivity index (χ1v) is 13.7. The molecule has 2 saturated heterocycles. The number of benzene rings is 1. The maximum absolute atomic E-state index is 13.0. The molecule has 0 spiro atoms. The third-order valence-electron chi connectivity index (χ3n) is 7.73. The quantitative estimate of drug-likeness (QED) is 0.497. The lowest BCUT2D eigenvalue weighted by atomic mass is 9.94. The molecular formula is C25H30N4O5S. The SMILES string of the molecule is CN(C1CCC1)S(=O)(=O)N1CCC(C#Cc2cccc3c2CN(C2CCC(=O)NC2=O)C3=O)CC1. The van der Waals surface area contributed by atoms with E-state index < -0.39 is 22.2 Å². The first-order chi connectivity index (χ1) is 16.8. The zero-order valence-corrected chi connectivity index (χ0v) is 20.6. The smallest absolute Gasteiger partial charge is 0.281 e. The molecule has 1 aromatic rings. The average Bonchev–Trinajstić information content (AvgIpc) is 3.13. The Hall–Kier alpha value is -2.74. The van der Waals surface area contributed by atoms with E-state index in [1.165, 1.54) is 9.21 Å². The number of piperidine rings is 2. The summed E-state index contributed by atoms with van der Waals surface area (Å²) in [5, 5.41) is 2.32. The number of hydrogen-bond donors (Lipinski definition) is 1. The maximum atomic E-state index is 13.0.